The molecular weight excluding hydrogens is 302 g/mol. The number of piperazine rings is 1. The fourth-order valence-electron chi connectivity index (χ4n) is 2.80. The summed E-state index contributed by atoms with van der Waals surface area (Å²) in [7, 11) is -3.17. The average molecular weight is 327 g/mol. The van der Waals surface area contributed by atoms with Gasteiger partial charge in [-0.3, -0.25) is 4.79 Å². The Morgan fingerprint density at radius 2 is 1.64 bits per heavy atom. The lowest BCUT2D eigenvalue weighted by Crippen LogP contribution is -2.51. The first-order chi connectivity index (χ1) is 10.3. The molecule has 1 saturated heterocycles. The van der Waals surface area contributed by atoms with Crippen LogP contribution in [0.3, 0.4) is 0 Å². The number of amides is 1. The van der Waals surface area contributed by atoms with Gasteiger partial charge in [-0.2, -0.15) is 4.31 Å². The lowest BCUT2D eigenvalue weighted by molar-refractivity contribution is -0.136. The molecule has 0 saturated carbocycles. The first-order valence-corrected chi connectivity index (χ1v) is 9.50. The minimum absolute atomic E-state index is 0.0815. The lowest BCUT2D eigenvalue weighted by Gasteiger charge is -2.35. The van der Waals surface area contributed by atoms with Crippen molar-refractivity contribution in [1.82, 2.24) is 13.8 Å². The second-order valence-corrected chi connectivity index (χ2v) is 8.25. The highest BCUT2D eigenvalue weighted by Gasteiger charge is 2.30. The van der Waals surface area contributed by atoms with Gasteiger partial charge in [-0.15, -0.1) is 0 Å². The summed E-state index contributed by atoms with van der Waals surface area (Å²) in [6.45, 7) is 5.88. The zero-order valence-electron chi connectivity index (χ0n) is 13.5. The minimum Gasteiger partial charge on any atom is -0.342 e. The van der Waals surface area contributed by atoms with Crippen molar-refractivity contribution >= 4 is 15.9 Å². The normalized spacial score (nSPS) is 18.6. The van der Waals surface area contributed by atoms with Gasteiger partial charge in [0.1, 0.15) is 6.04 Å². The monoisotopic (exact) mass is 327 g/mol. The van der Waals surface area contributed by atoms with E-state index in [1.54, 1.807) is 4.90 Å². The molecule has 6 nitrogen and oxygen atoms in total. The summed E-state index contributed by atoms with van der Waals surface area (Å²) in [5.41, 5.74) is 0. The van der Waals surface area contributed by atoms with Gasteiger partial charge in [-0.05, 0) is 24.5 Å². The smallest absolute Gasteiger partial charge is 0.245 e. The zero-order chi connectivity index (χ0) is 16.3. The van der Waals surface area contributed by atoms with Crippen molar-refractivity contribution in [2.24, 2.45) is 5.92 Å². The number of hydrogen-bond acceptors (Lipinski definition) is 3. The summed E-state index contributed by atoms with van der Waals surface area (Å²) in [6, 6.07) is 3.63. The van der Waals surface area contributed by atoms with Crippen LogP contribution in [0.4, 0.5) is 0 Å². The lowest BCUT2D eigenvalue weighted by atomic mass is 10.0. The fraction of sp³-hybridized carbons (Fsp3) is 0.667. The predicted molar refractivity (Wildman–Crippen MR) is 85.9 cm³/mol. The topological polar surface area (TPSA) is 62.6 Å². The van der Waals surface area contributed by atoms with Gasteiger partial charge >= 0.3 is 0 Å². The summed E-state index contributed by atoms with van der Waals surface area (Å²) in [4.78, 5) is 14.6. The molecule has 0 N–H and O–H groups in total. The Morgan fingerprint density at radius 1 is 1.09 bits per heavy atom. The van der Waals surface area contributed by atoms with Crippen LogP contribution >= 0.6 is 0 Å². The van der Waals surface area contributed by atoms with E-state index in [4.69, 9.17) is 0 Å². The SMILES string of the molecule is CC(C)CC(C(=O)N1CCN(S(C)(=O)=O)CC1)n1cccc1. The molecule has 0 aliphatic carbocycles. The van der Waals surface area contributed by atoms with E-state index in [0.29, 0.717) is 32.1 Å². The number of nitrogens with zero attached hydrogens (tertiary/aromatic N) is 3. The highest BCUT2D eigenvalue weighted by atomic mass is 32.2. The van der Waals surface area contributed by atoms with Crippen LogP contribution < -0.4 is 0 Å². The van der Waals surface area contributed by atoms with E-state index in [-0.39, 0.29) is 11.9 Å². The van der Waals surface area contributed by atoms with Crippen molar-refractivity contribution in [2.75, 3.05) is 32.4 Å². The van der Waals surface area contributed by atoms with Crippen LogP contribution in [0, 0.1) is 5.92 Å². The minimum atomic E-state index is -3.17. The maximum Gasteiger partial charge on any atom is 0.245 e. The Kier molecular flexibility index (Phi) is 5.28. The quantitative estimate of drug-likeness (QED) is 0.816. The number of rotatable bonds is 5. The van der Waals surface area contributed by atoms with Gasteiger partial charge < -0.3 is 9.47 Å². The highest BCUT2D eigenvalue weighted by Crippen LogP contribution is 2.21. The van der Waals surface area contributed by atoms with Crippen LogP contribution in [0.25, 0.3) is 0 Å². The van der Waals surface area contributed by atoms with E-state index < -0.39 is 10.0 Å². The van der Waals surface area contributed by atoms with Crippen molar-refractivity contribution in [2.45, 2.75) is 26.3 Å². The van der Waals surface area contributed by atoms with Gasteiger partial charge in [0, 0.05) is 38.6 Å². The zero-order valence-corrected chi connectivity index (χ0v) is 14.3. The molecule has 1 amide bonds. The van der Waals surface area contributed by atoms with Crippen molar-refractivity contribution in [1.29, 1.82) is 0 Å². The van der Waals surface area contributed by atoms with E-state index in [1.807, 2.05) is 29.1 Å². The molecule has 0 aromatic carbocycles. The summed E-state index contributed by atoms with van der Waals surface area (Å²) in [5, 5.41) is 0. The first kappa shape index (κ1) is 17.0. The second kappa shape index (κ2) is 6.83. The highest BCUT2D eigenvalue weighted by molar-refractivity contribution is 7.88. The number of sulfonamides is 1. The molecule has 2 rings (SSSR count). The molecule has 1 aliphatic rings. The molecule has 0 bridgehead atoms. The average Bonchev–Trinajstić information content (AvgIpc) is 2.97. The molecule has 1 unspecified atom stereocenters. The Labute approximate surface area is 132 Å². The molecule has 1 aliphatic heterocycles. The summed E-state index contributed by atoms with van der Waals surface area (Å²) in [6.07, 6.45) is 5.82. The molecule has 7 heteroatoms. The van der Waals surface area contributed by atoms with Crippen LogP contribution in [0.2, 0.25) is 0 Å². The van der Waals surface area contributed by atoms with Gasteiger partial charge in [0.25, 0.3) is 0 Å². The second-order valence-electron chi connectivity index (χ2n) is 6.26. The summed E-state index contributed by atoms with van der Waals surface area (Å²) < 4.78 is 26.5. The third kappa shape index (κ3) is 4.10. The van der Waals surface area contributed by atoms with Gasteiger partial charge in [0.2, 0.25) is 15.9 Å². The maximum absolute atomic E-state index is 12.8. The number of aromatic nitrogens is 1. The molecule has 0 radical (unpaired) electrons. The van der Waals surface area contributed by atoms with Gasteiger partial charge in [-0.1, -0.05) is 13.8 Å². The molecule has 1 atom stereocenters. The van der Waals surface area contributed by atoms with Crippen molar-refractivity contribution < 1.29 is 13.2 Å². The Bertz CT molecular complexity index is 588. The first-order valence-electron chi connectivity index (χ1n) is 7.65. The molecule has 2 heterocycles. The van der Waals surface area contributed by atoms with Crippen LogP contribution in [-0.4, -0.2) is 60.5 Å². The van der Waals surface area contributed by atoms with Crippen molar-refractivity contribution in [3.05, 3.63) is 24.5 Å². The van der Waals surface area contributed by atoms with Crippen molar-refractivity contribution in [3.8, 4) is 0 Å². The number of carbonyl (C=O) groups excluding carboxylic acids is 1. The fourth-order valence-corrected chi connectivity index (χ4v) is 3.63. The van der Waals surface area contributed by atoms with Gasteiger partial charge in [-0.25, -0.2) is 8.42 Å². The number of hydrogen-bond donors (Lipinski definition) is 0. The van der Waals surface area contributed by atoms with Crippen LogP contribution in [0.1, 0.15) is 26.3 Å². The summed E-state index contributed by atoms with van der Waals surface area (Å²) in [5.74, 6) is 0.492. The van der Waals surface area contributed by atoms with E-state index in [0.717, 1.165) is 6.42 Å². The summed E-state index contributed by atoms with van der Waals surface area (Å²) >= 11 is 0. The third-order valence-corrected chi connectivity index (χ3v) is 5.29. The molecule has 124 valence electrons. The van der Waals surface area contributed by atoms with Crippen molar-refractivity contribution in [3.63, 3.8) is 0 Å². The molecule has 1 aromatic heterocycles. The molecule has 0 spiro atoms. The molecular formula is C15H25N3O3S. The Balaban J connectivity index is 2.06. The largest absolute Gasteiger partial charge is 0.342 e. The standard InChI is InChI=1S/C15H25N3O3S/c1-13(2)12-14(16-6-4-5-7-16)15(19)17-8-10-18(11-9-17)22(3,20)21/h4-7,13-14H,8-12H2,1-3H3. The van der Waals surface area contributed by atoms with E-state index in [1.165, 1.54) is 10.6 Å². The third-order valence-electron chi connectivity index (χ3n) is 3.99. The van der Waals surface area contributed by atoms with E-state index >= 15 is 0 Å². The molecule has 22 heavy (non-hydrogen) atoms. The van der Waals surface area contributed by atoms with Crippen LogP contribution in [-0.2, 0) is 14.8 Å². The van der Waals surface area contributed by atoms with E-state index in [2.05, 4.69) is 13.8 Å². The van der Waals surface area contributed by atoms with Gasteiger partial charge in [0.15, 0.2) is 0 Å². The predicted octanol–water partition coefficient (Wildman–Crippen LogP) is 1.18. The Morgan fingerprint density at radius 3 is 2.09 bits per heavy atom. The molecule has 1 aromatic rings. The maximum atomic E-state index is 12.8. The Hall–Kier alpha value is -1.34. The van der Waals surface area contributed by atoms with Gasteiger partial charge in [0.05, 0.1) is 6.26 Å². The van der Waals surface area contributed by atoms with E-state index in [9.17, 15) is 13.2 Å². The van der Waals surface area contributed by atoms with Crippen LogP contribution in [0.5, 0.6) is 0 Å². The van der Waals surface area contributed by atoms with Crippen LogP contribution in [0.15, 0.2) is 24.5 Å². The molecule has 1 fully saturated rings. The number of carbonyl (C=O) groups is 1.